The van der Waals surface area contributed by atoms with Crippen LogP contribution in [0.5, 0.6) is 0 Å². The lowest BCUT2D eigenvalue weighted by Crippen LogP contribution is -2.12. The quantitative estimate of drug-likeness (QED) is 0.516. The van der Waals surface area contributed by atoms with Crippen molar-refractivity contribution in [1.29, 1.82) is 0 Å². The molecule has 0 aliphatic carbocycles. The Kier molecular flexibility index (Phi) is 4.12. The van der Waals surface area contributed by atoms with Gasteiger partial charge in [0.05, 0.1) is 11.8 Å². The highest BCUT2D eigenvalue weighted by atomic mass is 32.1. The Morgan fingerprint density at radius 3 is 2.67 bits per heavy atom. The number of aryl methyl sites for hydroxylation is 1. The van der Waals surface area contributed by atoms with Crippen LogP contribution in [0.1, 0.15) is 16.7 Å². The third kappa shape index (κ3) is 3.48. The Bertz CT molecular complexity index is 678. The molecule has 0 bridgehead atoms. The Labute approximate surface area is 121 Å². The van der Waals surface area contributed by atoms with Gasteiger partial charge in [-0.15, -0.1) is 11.3 Å². The zero-order valence-electron chi connectivity index (χ0n) is 10.7. The van der Waals surface area contributed by atoms with Crippen LogP contribution < -0.4 is 11.2 Å². The third-order valence-electron chi connectivity index (χ3n) is 2.55. The lowest BCUT2D eigenvalue weighted by molar-refractivity contribution is -0.140. The lowest BCUT2D eigenvalue weighted by Gasteiger charge is -2.12. The van der Waals surface area contributed by atoms with Gasteiger partial charge in [-0.25, -0.2) is 9.37 Å². The van der Waals surface area contributed by atoms with Crippen LogP contribution in [-0.2, 0) is 6.18 Å². The minimum atomic E-state index is -4.75. The smallest absolute Gasteiger partial charge is 0.383 e. The number of hydrazone groups is 1. The molecule has 0 atom stereocenters. The van der Waals surface area contributed by atoms with Crippen molar-refractivity contribution in [3.05, 3.63) is 40.0 Å². The number of aromatic nitrogens is 1. The van der Waals surface area contributed by atoms with Gasteiger partial charge in [0.1, 0.15) is 11.6 Å². The fourth-order valence-electron chi connectivity index (χ4n) is 1.63. The van der Waals surface area contributed by atoms with Crippen LogP contribution in [0, 0.1) is 12.7 Å². The number of hydrogen-bond acceptors (Lipinski definition) is 5. The molecule has 0 spiro atoms. The van der Waals surface area contributed by atoms with Crippen LogP contribution in [0.25, 0.3) is 0 Å². The number of alkyl halides is 3. The van der Waals surface area contributed by atoms with Crippen molar-refractivity contribution in [1.82, 2.24) is 4.98 Å². The summed E-state index contributed by atoms with van der Waals surface area (Å²) < 4.78 is 52.2. The number of rotatable bonds is 3. The van der Waals surface area contributed by atoms with E-state index in [-0.39, 0.29) is 11.1 Å². The molecule has 0 fully saturated rings. The van der Waals surface area contributed by atoms with Gasteiger partial charge in [0.15, 0.2) is 0 Å². The van der Waals surface area contributed by atoms with Crippen LogP contribution >= 0.6 is 11.3 Å². The number of hydrogen-bond donors (Lipinski definition) is 2. The summed E-state index contributed by atoms with van der Waals surface area (Å²) in [6, 6.07) is 2.41. The average molecular weight is 318 g/mol. The fourth-order valence-corrected chi connectivity index (χ4v) is 2.18. The minimum absolute atomic E-state index is 0.183. The molecule has 0 saturated carbocycles. The van der Waals surface area contributed by atoms with Gasteiger partial charge in [-0.2, -0.15) is 18.3 Å². The van der Waals surface area contributed by atoms with Crippen molar-refractivity contribution in [2.75, 3.05) is 11.2 Å². The van der Waals surface area contributed by atoms with E-state index in [2.05, 4.69) is 15.5 Å². The molecule has 9 heteroatoms. The van der Waals surface area contributed by atoms with Crippen LogP contribution in [0.4, 0.5) is 28.5 Å². The monoisotopic (exact) mass is 318 g/mol. The van der Waals surface area contributed by atoms with E-state index in [1.165, 1.54) is 19.1 Å². The zero-order valence-corrected chi connectivity index (χ0v) is 11.5. The van der Waals surface area contributed by atoms with E-state index in [9.17, 15) is 17.6 Å². The standard InChI is InChI=1S/C12H10F4N4S/c1-6-2-3-7(10(13)9(6)12(14,15)16)4-18-20-11-19-8(17)5-21-11/h2-5H,17H2,1H3,(H,19,20). The summed E-state index contributed by atoms with van der Waals surface area (Å²) in [7, 11) is 0. The van der Waals surface area contributed by atoms with E-state index < -0.39 is 17.6 Å². The van der Waals surface area contributed by atoms with E-state index in [1.54, 1.807) is 5.38 Å². The molecular formula is C12H10F4N4S. The Morgan fingerprint density at radius 1 is 1.38 bits per heavy atom. The number of nitrogen functional groups attached to an aromatic ring is 1. The van der Waals surface area contributed by atoms with Gasteiger partial charge in [-0.3, -0.25) is 5.43 Å². The maximum atomic E-state index is 13.9. The second-order valence-electron chi connectivity index (χ2n) is 4.11. The molecule has 1 aromatic carbocycles. The predicted molar refractivity (Wildman–Crippen MR) is 73.9 cm³/mol. The minimum Gasteiger partial charge on any atom is -0.383 e. The molecule has 0 radical (unpaired) electrons. The Balaban J connectivity index is 2.25. The van der Waals surface area contributed by atoms with Gasteiger partial charge in [-0.1, -0.05) is 12.1 Å². The number of nitrogens with two attached hydrogens (primary N) is 1. The second-order valence-corrected chi connectivity index (χ2v) is 4.96. The molecule has 1 heterocycles. The summed E-state index contributed by atoms with van der Waals surface area (Å²) in [5, 5.41) is 5.56. The molecule has 0 unspecified atom stereocenters. The molecule has 2 aromatic rings. The molecule has 0 aliphatic rings. The van der Waals surface area contributed by atoms with E-state index in [0.717, 1.165) is 17.6 Å². The molecule has 21 heavy (non-hydrogen) atoms. The summed E-state index contributed by atoms with van der Waals surface area (Å²) in [4.78, 5) is 3.83. The molecular weight excluding hydrogens is 308 g/mol. The largest absolute Gasteiger partial charge is 0.419 e. The molecule has 1 aromatic heterocycles. The third-order valence-corrected chi connectivity index (χ3v) is 3.31. The summed E-state index contributed by atoms with van der Waals surface area (Å²) in [5.41, 5.74) is 6.11. The van der Waals surface area contributed by atoms with Crippen molar-refractivity contribution >= 4 is 28.5 Å². The van der Waals surface area contributed by atoms with Crippen molar-refractivity contribution in [3.8, 4) is 0 Å². The van der Waals surface area contributed by atoms with Crippen LogP contribution in [0.2, 0.25) is 0 Å². The summed E-state index contributed by atoms with van der Waals surface area (Å²) in [6.45, 7) is 1.20. The van der Waals surface area contributed by atoms with E-state index in [1.807, 2.05) is 0 Å². The van der Waals surface area contributed by atoms with Gasteiger partial charge in [0.2, 0.25) is 5.13 Å². The number of thiazole rings is 1. The normalized spacial score (nSPS) is 12.0. The lowest BCUT2D eigenvalue weighted by atomic mass is 10.0. The van der Waals surface area contributed by atoms with E-state index in [4.69, 9.17) is 5.73 Å². The molecule has 112 valence electrons. The van der Waals surface area contributed by atoms with Gasteiger partial charge in [-0.05, 0) is 12.5 Å². The van der Waals surface area contributed by atoms with Crippen LogP contribution in [0.15, 0.2) is 22.6 Å². The fraction of sp³-hybridized carbons (Fsp3) is 0.167. The molecule has 2 rings (SSSR count). The first kappa shape index (κ1) is 15.2. The highest BCUT2D eigenvalue weighted by Crippen LogP contribution is 2.34. The van der Waals surface area contributed by atoms with E-state index >= 15 is 0 Å². The van der Waals surface area contributed by atoms with Crippen LogP contribution in [0.3, 0.4) is 0 Å². The summed E-state index contributed by atoms with van der Waals surface area (Å²) >= 11 is 1.16. The molecule has 0 amide bonds. The Hall–Kier alpha value is -2.16. The van der Waals surface area contributed by atoms with Gasteiger partial charge in [0, 0.05) is 10.9 Å². The SMILES string of the molecule is Cc1ccc(C=NNc2nc(N)cs2)c(F)c1C(F)(F)F. The zero-order chi connectivity index (χ0) is 15.6. The first-order chi connectivity index (χ1) is 9.79. The number of nitrogens with zero attached hydrogens (tertiary/aromatic N) is 2. The van der Waals surface area contributed by atoms with Gasteiger partial charge in [0.25, 0.3) is 0 Å². The van der Waals surface area contributed by atoms with Crippen molar-refractivity contribution < 1.29 is 17.6 Å². The molecule has 3 N–H and O–H groups in total. The summed E-state index contributed by atoms with van der Waals surface area (Å²) in [5.74, 6) is -1.06. The molecule has 0 saturated heterocycles. The van der Waals surface area contributed by atoms with Crippen molar-refractivity contribution in [3.63, 3.8) is 0 Å². The van der Waals surface area contributed by atoms with Crippen LogP contribution in [-0.4, -0.2) is 11.2 Å². The second kappa shape index (κ2) is 5.68. The summed E-state index contributed by atoms with van der Waals surface area (Å²) in [6.07, 6.45) is -3.79. The molecule has 0 aliphatic heterocycles. The maximum Gasteiger partial charge on any atom is 0.419 e. The number of anilines is 2. The number of benzene rings is 1. The van der Waals surface area contributed by atoms with E-state index in [0.29, 0.717) is 10.9 Å². The highest BCUT2D eigenvalue weighted by Gasteiger charge is 2.36. The topological polar surface area (TPSA) is 63.3 Å². The first-order valence-electron chi connectivity index (χ1n) is 5.65. The number of halogens is 4. The van der Waals surface area contributed by atoms with Crippen molar-refractivity contribution in [2.24, 2.45) is 5.10 Å². The maximum absolute atomic E-state index is 13.9. The number of nitrogens with one attached hydrogen (secondary N) is 1. The molecule has 4 nitrogen and oxygen atoms in total. The van der Waals surface area contributed by atoms with Gasteiger partial charge >= 0.3 is 6.18 Å². The predicted octanol–water partition coefficient (Wildman–Crippen LogP) is 3.64. The first-order valence-corrected chi connectivity index (χ1v) is 6.53. The average Bonchev–Trinajstić information content (AvgIpc) is 2.76. The van der Waals surface area contributed by atoms with Gasteiger partial charge < -0.3 is 5.73 Å². The Morgan fingerprint density at radius 2 is 2.10 bits per heavy atom. The highest BCUT2D eigenvalue weighted by molar-refractivity contribution is 7.14. The van der Waals surface area contributed by atoms with Crippen molar-refractivity contribution in [2.45, 2.75) is 13.1 Å².